The molecule has 1 amide bonds. The molecule has 0 fully saturated rings. The predicted octanol–water partition coefficient (Wildman–Crippen LogP) is 5.32. The van der Waals surface area contributed by atoms with Crippen LogP contribution in [0, 0.1) is 11.6 Å². The van der Waals surface area contributed by atoms with E-state index < -0.39 is 17.2 Å². The summed E-state index contributed by atoms with van der Waals surface area (Å²) < 4.78 is 34.4. The van der Waals surface area contributed by atoms with Crippen LogP contribution in [-0.2, 0) is 24.6 Å². The van der Waals surface area contributed by atoms with E-state index >= 15 is 0 Å². The molecule has 0 spiro atoms. The molecule has 3 aromatic rings. The number of nitrogens with zero attached hydrogens (tertiary/aromatic N) is 3. The number of rotatable bonds is 3. The van der Waals surface area contributed by atoms with E-state index in [4.69, 9.17) is 4.74 Å². The fourth-order valence-corrected chi connectivity index (χ4v) is 4.24. The summed E-state index contributed by atoms with van der Waals surface area (Å²) in [6, 6.07) is 5.68. The van der Waals surface area contributed by atoms with Crippen molar-refractivity contribution in [3.63, 3.8) is 0 Å². The lowest BCUT2D eigenvalue weighted by atomic mass is 9.91. The highest BCUT2D eigenvalue weighted by atomic mass is 19.2. The minimum absolute atomic E-state index is 0.0192. The number of likely N-dealkylation sites (N-methyl/N-ethyl adjacent to an activating group) is 1. The van der Waals surface area contributed by atoms with E-state index in [0.29, 0.717) is 17.8 Å². The van der Waals surface area contributed by atoms with Gasteiger partial charge in [0.1, 0.15) is 11.2 Å². The van der Waals surface area contributed by atoms with Crippen LogP contribution < -0.4 is 5.32 Å². The molecule has 1 aromatic carbocycles. The van der Waals surface area contributed by atoms with Crippen LogP contribution in [0.4, 0.5) is 25.0 Å². The lowest BCUT2D eigenvalue weighted by Crippen LogP contribution is -2.43. The molecule has 2 aromatic heterocycles. The largest absolute Gasteiger partial charge is 0.444 e. The second-order valence-electron chi connectivity index (χ2n) is 9.32. The van der Waals surface area contributed by atoms with Crippen molar-refractivity contribution in [2.24, 2.45) is 7.05 Å². The Morgan fingerprint density at radius 3 is 2.66 bits per heavy atom. The Bertz CT molecular complexity index is 1180. The first kappa shape index (κ1) is 22.0. The van der Waals surface area contributed by atoms with E-state index in [9.17, 15) is 13.6 Å². The van der Waals surface area contributed by atoms with Gasteiger partial charge >= 0.3 is 6.09 Å². The molecule has 170 valence electrons. The summed E-state index contributed by atoms with van der Waals surface area (Å²) in [5, 5.41) is 4.08. The van der Waals surface area contributed by atoms with Crippen molar-refractivity contribution in [1.82, 2.24) is 14.5 Å². The highest BCUT2D eigenvalue weighted by Crippen LogP contribution is 2.34. The van der Waals surface area contributed by atoms with Crippen LogP contribution in [0.2, 0.25) is 0 Å². The quantitative estimate of drug-likeness (QED) is 0.597. The minimum Gasteiger partial charge on any atom is -0.444 e. The average molecular weight is 443 g/mol. The number of pyridine rings is 1. The normalized spacial score (nSPS) is 16.0. The SMILES string of the molecule is CN(C(=O)OC(C)(C)C)C1CCc2c(c3cc(Nc4ccc(F)c(F)c4)cnc3n2C)C1. The van der Waals surface area contributed by atoms with Gasteiger partial charge in [0.15, 0.2) is 11.6 Å². The predicted molar refractivity (Wildman–Crippen MR) is 120 cm³/mol. The smallest absolute Gasteiger partial charge is 0.410 e. The first-order valence-electron chi connectivity index (χ1n) is 10.7. The van der Waals surface area contributed by atoms with E-state index in [1.165, 1.54) is 11.8 Å². The molecule has 0 radical (unpaired) electrons. The summed E-state index contributed by atoms with van der Waals surface area (Å²) in [5.74, 6) is -1.80. The number of aromatic nitrogens is 2. The molecule has 0 bridgehead atoms. The molecule has 2 heterocycles. The maximum atomic E-state index is 13.6. The number of nitrogens with one attached hydrogen (secondary N) is 1. The van der Waals surface area contributed by atoms with Gasteiger partial charge in [-0.25, -0.2) is 18.6 Å². The number of amides is 1. The van der Waals surface area contributed by atoms with Crippen LogP contribution in [0.15, 0.2) is 30.5 Å². The summed E-state index contributed by atoms with van der Waals surface area (Å²) in [7, 11) is 3.78. The monoisotopic (exact) mass is 442 g/mol. The Hall–Kier alpha value is -3.16. The number of halogens is 2. The standard InChI is InChI=1S/C24H28F2N4O2/c1-24(2,3)32-23(31)29(4)16-7-9-21-17(12-16)18-10-15(13-27-22(18)30(21)5)28-14-6-8-19(25)20(26)11-14/h6,8,10-11,13,16,28H,7,9,12H2,1-5H3. The van der Waals surface area contributed by atoms with E-state index in [1.54, 1.807) is 18.1 Å². The number of benzene rings is 1. The van der Waals surface area contributed by atoms with Crippen molar-refractivity contribution in [2.75, 3.05) is 12.4 Å². The highest BCUT2D eigenvalue weighted by Gasteiger charge is 2.31. The van der Waals surface area contributed by atoms with Gasteiger partial charge in [-0.05, 0) is 63.8 Å². The molecule has 0 saturated heterocycles. The first-order chi connectivity index (χ1) is 15.0. The van der Waals surface area contributed by atoms with Crippen LogP contribution in [0.1, 0.15) is 38.4 Å². The van der Waals surface area contributed by atoms with E-state index in [-0.39, 0.29) is 12.1 Å². The molecular formula is C24H28F2N4O2. The second kappa shape index (κ2) is 8.07. The molecule has 6 nitrogen and oxygen atoms in total. The Morgan fingerprint density at radius 1 is 1.22 bits per heavy atom. The van der Waals surface area contributed by atoms with Crippen molar-refractivity contribution in [3.8, 4) is 0 Å². The van der Waals surface area contributed by atoms with E-state index in [2.05, 4.69) is 14.9 Å². The van der Waals surface area contributed by atoms with Gasteiger partial charge in [-0.2, -0.15) is 0 Å². The van der Waals surface area contributed by atoms with Crippen LogP contribution in [-0.4, -0.2) is 39.2 Å². The molecule has 1 aliphatic carbocycles. The molecule has 1 atom stereocenters. The van der Waals surface area contributed by atoms with Gasteiger partial charge in [-0.1, -0.05) is 0 Å². The Balaban J connectivity index is 1.62. The number of aryl methyl sites for hydroxylation is 1. The minimum atomic E-state index is -0.908. The summed E-state index contributed by atoms with van der Waals surface area (Å²) in [4.78, 5) is 18.9. The maximum Gasteiger partial charge on any atom is 0.410 e. The lowest BCUT2D eigenvalue weighted by Gasteiger charge is -2.33. The number of fused-ring (bicyclic) bond motifs is 3. The van der Waals surface area contributed by atoms with Crippen LogP contribution in [0.25, 0.3) is 11.0 Å². The highest BCUT2D eigenvalue weighted by molar-refractivity contribution is 5.86. The third-order valence-corrected chi connectivity index (χ3v) is 5.85. The molecule has 0 saturated carbocycles. The van der Waals surface area contributed by atoms with Crippen LogP contribution in [0.5, 0.6) is 0 Å². The fourth-order valence-electron chi connectivity index (χ4n) is 4.24. The molecule has 8 heteroatoms. The van der Waals surface area contributed by atoms with Gasteiger partial charge in [0.2, 0.25) is 0 Å². The van der Waals surface area contributed by atoms with Crippen molar-refractivity contribution >= 4 is 28.5 Å². The van der Waals surface area contributed by atoms with Gasteiger partial charge in [0.05, 0.1) is 11.9 Å². The topological polar surface area (TPSA) is 59.4 Å². The zero-order valence-electron chi connectivity index (χ0n) is 19.0. The second-order valence-corrected chi connectivity index (χ2v) is 9.32. The Labute approximate surface area is 186 Å². The zero-order chi connectivity index (χ0) is 23.2. The number of anilines is 2. The van der Waals surface area contributed by atoms with Crippen LogP contribution >= 0.6 is 0 Å². The molecule has 32 heavy (non-hydrogen) atoms. The maximum absolute atomic E-state index is 13.6. The first-order valence-corrected chi connectivity index (χ1v) is 10.7. The summed E-state index contributed by atoms with van der Waals surface area (Å²) in [5.41, 5.74) is 3.78. The van der Waals surface area contributed by atoms with Gasteiger partial charge in [-0.3, -0.25) is 0 Å². The van der Waals surface area contributed by atoms with E-state index in [0.717, 1.165) is 41.6 Å². The third-order valence-electron chi connectivity index (χ3n) is 5.85. The number of hydrogen-bond donors (Lipinski definition) is 1. The zero-order valence-corrected chi connectivity index (χ0v) is 19.0. The van der Waals surface area contributed by atoms with Crippen molar-refractivity contribution in [1.29, 1.82) is 0 Å². The summed E-state index contributed by atoms with van der Waals surface area (Å²) >= 11 is 0. The number of ether oxygens (including phenoxy) is 1. The third kappa shape index (κ3) is 4.26. The van der Waals surface area contributed by atoms with E-state index in [1.807, 2.05) is 33.9 Å². The van der Waals surface area contributed by atoms with Crippen molar-refractivity contribution in [2.45, 2.75) is 51.7 Å². The number of hydrogen-bond acceptors (Lipinski definition) is 4. The molecule has 1 unspecified atom stereocenters. The number of carbonyl (C=O) groups is 1. The van der Waals surface area contributed by atoms with Crippen molar-refractivity contribution in [3.05, 3.63) is 53.4 Å². The fraction of sp³-hybridized carbons (Fsp3) is 0.417. The van der Waals surface area contributed by atoms with Crippen molar-refractivity contribution < 1.29 is 18.3 Å². The molecule has 1 N–H and O–H groups in total. The lowest BCUT2D eigenvalue weighted by molar-refractivity contribution is 0.0210. The molecule has 1 aliphatic rings. The van der Waals surface area contributed by atoms with Gasteiger partial charge in [0, 0.05) is 43.0 Å². The summed E-state index contributed by atoms with van der Waals surface area (Å²) in [6.45, 7) is 5.57. The molecular weight excluding hydrogens is 414 g/mol. The molecule has 4 rings (SSSR count). The Kier molecular flexibility index (Phi) is 5.56. The van der Waals surface area contributed by atoms with Crippen LogP contribution in [0.3, 0.4) is 0 Å². The van der Waals surface area contributed by atoms with Gasteiger partial charge in [-0.15, -0.1) is 0 Å². The summed E-state index contributed by atoms with van der Waals surface area (Å²) in [6.07, 6.45) is 3.71. The number of carbonyl (C=O) groups excluding carboxylic acids is 1. The van der Waals surface area contributed by atoms with Gasteiger partial charge in [0.25, 0.3) is 0 Å². The average Bonchev–Trinajstić information content (AvgIpc) is 3.00. The molecule has 0 aliphatic heterocycles. The Morgan fingerprint density at radius 2 is 1.97 bits per heavy atom. The van der Waals surface area contributed by atoms with Gasteiger partial charge < -0.3 is 19.5 Å².